The Morgan fingerprint density at radius 2 is 1.79 bits per heavy atom. The number of nitrogens with one attached hydrogen (secondary N) is 2. The van der Waals surface area contributed by atoms with Crippen LogP contribution in [0.5, 0.6) is 0 Å². The number of urea groups is 1. The first kappa shape index (κ1) is 23.9. The second-order valence-electron chi connectivity index (χ2n) is 7.07. The quantitative estimate of drug-likeness (QED) is 0.390. The van der Waals surface area contributed by atoms with Crippen molar-refractivity contribution in [2.45, 2.75) is 45.8 Å². The molecule has 0 heterocycles. The molecule has 3 amide bonds. The lowest BCUT2D eigenvalue weighted by Gasteiger charge is -2.22. The highest BCUT2D eigenvalue weighted by Gasteiger charge is 2.29. The van der Waals surface area contributed by atoms with Gasteiger partial charge < -0.3 is 26.2 Å². The number of carbonyl (C=O) groups is 4. The first-order valence-corrected chi connectivity index (χ1v) is 9.46. The molecule has 29 heavy (non-hydrogen) atoms. The van der Waals surface area contributed by atoms with E-state index in [0.29, 0.717) is 6.42 Å². The minimum Gasteiger partial charge on any atom is -0.481 e. The molecule has 0 saturated heterocycles. The number of carboxylic acid groups (broad SMARTS) is 1. The molecule has 0 spiro atoms. The fourth-order valence-electron chi connectivity index (χ4n) is 2.75. The third-order valence-electron chi connectivity index (χ3n) is 4.33. The number of Topliss-reactive ketones (excluding diaryl/α,β-unsaturated/α-hetero) is 1. The minimum absolute atomic E-state index is 0.0658. The fraction of sp³-hybridized carbons (Fsp3) is 0.500. The third-order valence-corrected chi connectivity index (χ3v) is 4.33. The number of hydrogen-bond acceptors (Lipinski definition) is 5. The lowest BCUT2D eigenvalue weighted by molar-refractivity contribution is -0.144. The maximum atomic E-state index is 12.6. The van der Waals surface area contributed by atoms with Crippen molar-refractivity contribution in [3.8, 4) is 0 Å². The van der Waals surface area contributed by atoms with Crippen LogP contribution < -0.4 is 16.4 Å². The van der Waals surface area contributed by atoms with E-state index < -0.39 is 30.1 Å². The Bertz CT molecular complexity index is 693. The van der Waals surface area contributed by atoms with E-state index in [1.807, 2.05) is 30.3 Å². The molecule has 0 aromatic heterocycles. The van der Waals surface area contributed by atoms with Crippen LogP contribution in [0.15, 0.2) is 30.3 Å². The average Bonchev–Trinajstić information content (AvgIpc) is 2.66. The summed E-state index contributed by atoms with van der Waals surface area (Å²) in [6.45, 7) is 3.81. The van der Waals surface area contributed by atoms with E-state index in [1.165, 1.54) is 0 Å². The molecular weight excluding hydrogens is 378 g/mol. The number of benzene rings is 1. The average molecular weight is 407 g/mol. The highest BCUT2D eigenvalue weighted by molar-refractivity contribution is 5.90. The van der Waals surface area contributed by atoms with E-state index in [1.54, 1.807) is 13.8 Å². The lowest BCUT2D eigenvalue weighted by atomic mass is 9.90. The molecule has 0 bridgehead atoms. The molecule has 5 N–H and O–H groups in total. The van der Waals surface area contributed by atoms with Gasteiger partial charge in [-0.2, -0.15) is 0 Å². The smallest absolute Gasteiger partial charge is 0.408 e. The number of aliphatic carboxylic acids is 1. The zero-order valence-electron chi connectivity index (χ0n) is 16.7. The Balaban J connectivity index is 2.58. The molecule has 1 aromatic rings. The molecule has 0 aliphatic rings. The number of alkyl carbamates (subject to hydrolysis) is 1. The predicted octanol–water partition coefficient (Wildman–Crippen LogP) is 2.05. The molecule has 1 aromatic carbocycles. The second kappa shape index (κ2) is 12.4. The Kier molecular flexibility index (Phi) is 10.2. The molecule has 0 saturated carbocycles. The Hall–Kier alpha value is -3.10. The first-order chi connectivity index (χ1) is 13.7. The van der Waals surface area contributed by atoms with Gasteiger partial charge in [-0.25, -0.2) is 9.59 Å². The molecule has 2 atom stereocenters. The number of rotatable bonds is 12. The van der Waals surface area contributed by atoms with Crippen LogP contribution in [-0.2, 0) is 20.9 Å². The van der Waals surface area contributed by atoms with Gasteiger partial charge in [0.25, 0.3) is 0 Å². The van der Waals surface area contributed by atoms with Crippen LogP contribution in [0.2, 0.25) is 0 Å². The normalized spacial score (nSPS) is 12.7. The highest BCUT2D eigenvalue weighted by Crippen LogP contribution is 2.16. The summed E-state index contributed by atoms with van der Waals surface area (Å²) in [7, 11) is 0. The lowest BCUT2D eigenvalue weighted by Crippen LogP contribution is -2.45. The SMILES string of the molecule is CC(C)C(NC(=O)OCc1ccccc1)C(=O)CC(CCCNC(N)=O)C(=O)O. The Labute approximate surface area is 170 Å². The molecule has 9 nitrogen and oxygen atoms in total. The van der Waals surface area contributed by atoms with Gasteiger partial charge in [-0.15, -0.1) is 0 Å². The molecule has 0 aliphatic heterocycles. The molecule has 0 fully saturated rings. The summed E-state index contributed by atoms with van der Waals surface area (Å²) in [6.07, 6.45) is -0.400. The fourth-order valence-corrected chi connectivity index (χ4v) is 2.75. The number of ketones is 1. The summed E-state index contributed by atoms with van der Waals surface area (Å²) in [4.78, 5) is 46.8. The van der Waals surface area contributed by atoms with Gasteiger partial charge in [-0.3, -0.25) is 9.59 Å². The van der Waals surface area contributed by atoms with Crippen molar-refractivity contribution in [2.75, 3.05) is 6.54 Å². The maximum absolute atomic E-state index is 12.6. The van der Waals surface area contributed by atoms with Crippen molar-refractivity contribution < 1.29 is 29.0 Å². The van der Waals surface area contributed by atoms with Crippen LogP contribution in [0.1, 0.15) is 38.7 Å². The van der Waals surface area contributed by atoms with Gasteiger partial charge in [-0.1, -0.05) is 44.2 Å². The van der Waals surface area contributed by atoms with Gasteiger partial charge in [-0.05, 0) is 24.3 Å². The van der Waals surface area contributed by atoms with Gasteiger partial charge in [0.1, 0.15) is 6.61 Å². The molecule has 160 valence electrons. The number of amides is 3. The number of hydrogen-bond donors (Lipinski definition) is 4. The summed E-state index contributed by atoms with van der Waals surface area (Å²) < 4.78 is 5.14. The van der Waals surface area contributed by atoms with Crippen molar-refractivity contribution in [1.82, 2.24) is 10.6 Å². The summed E-state index contributed by atoms with van der Waals surface area (Å²) in [5.74, 6) is -2.64. The van der Waals surface area contributed by atoms with Crippen LogP contribution >= 0.6 is 0 Å². The molecule has 0 radical (unpaired) electrons. The molecule has 2 unspecified atom stereocenters. The summed E-state index contributed by atoms with van der Waals surface area (Å²) in [5, 5.41) is 14.3. The summed E-state index contributed by atoms with van der Waals surface area (Å²) in [5.41, 5.74) is 5.77. The zero-order chi connectivity index (χ0) is 21.8. The number of carbonyl (C=O) groups excluding carboxylic acids is 3. The maximum Gasteiger partial charge on any atom is 0.408 e. The van der Waals surface area contributed by atoms with Crippen molar-refractivity contribution in [3.63, 3.8) is 0 Å². The zero-order valence-corrected chi connectivity index (χ0v) is 16.7. The van der Waals surface area contributed by atoms with E-state index >= 15 is 0 Å². The minimum atomic E-state index is -1.11. The van der Waals surface area contributed by atoms with Crippen molar-refractivity contribution in [1.29, 1.82) is 0 Å². The van der Waals surface area contributed by atoms with Crippen molar-refractivity contribution in [3.05, 3.63) is 35.9 Å². The van der Waals surface area contributed by atoms with E-state index in [4.69, 9.17) is 10.5 Å². The number of ether oxygens (including phenoxy) is 1. The highest BCUT2D eigenvalue weighted by atomic mass is 16.5. The van der Waals surface area contributed by atoms with E-state index in [-0.39, 0.29) is 37.7 Å². The Morgan fingerprint density at radius 3 is 2.34 bits per heavy atom. The second-order valence-corrected chi connectivity index (χ2v) is 7.07. The summed E-state index contributed by atoms with van der Waals surface area (Å²) >= 11 is 0. The van der Waals surface area contributed by atoms with E-state index in [9.17, 15) is 24.3 Å². The van der Waals surface area contributed by atoms with Crippen LogP contribution in [0, 0.1) is 11.8 Å². The van der Waals surface area contributed by atoms with Gasteiger partial charge in [0.05, 0.1) is 12.0 Å². The third kappa shape index (κ3) is 9.59. The molecule has 9 heteroatoms. The van der Waals surface area contributed by atoms with Gasteiger partial charge in [0, 0.05) is 13.0 Å². The summed E-state index contributed by atoms with van der Waals surface area (Å²) in [6, 6.07) is 7.56. The predicted molar refractivity (Wildman–Crippen MR) is 106 cm³/mol. The standard InChI is InChI=1S/C20H29N3O6/c1-13(2)17(23-20(28)29-12-14-7-4-3-5-8-14)16(24)11-15(18(25)26)9-6-10-22-19(21)27/h3-5,7-8,13,15,17H,6,9-12H2,1-2H3,(H,23,28)(H,25,26)(H3,21,22,27). The number of nitrogens with two attached hydrogens (primary N) is 1. The topological polar surface area (TPSA) is 148 Å². The largest absolute Gasteiger partial charge is 0.481 e. The Morgan fingerprint density at radius 1 is 1.14 bits per heavy atom. The van der Waals surface area contributed by atoms with Crippen LogP contribution in [0.3, 0.4) is 0 Å². The molecular formula is C20H29N3O6. The van der Waals surface area contributed by atoms with E-state index in [2.05, 4.69) is 10.6 Å². The van der Waals surface area contributed by atoms with Crippen molar-refractivity contribution in [2.24, 2.45) is 17.6 Å². The monoisotopic (exact) mass is 407 g/mol. The van der Waals surface area contributed by atoms with Gasteiger partial charge in [0.2, 0.25) is 0 Å². The first-order valence-electron chi connectivity index (χ1n) is 9.46. The molecule has 1 rings (SSSR count). The van der Waals surface area contributed by atoms with E-state index in [0.717, 1.165) is 5.56 Å². The number of primary amides is 1. The molecule has 0 aliphatic carbocycles. The number of carboxylic acids is 1. The van der Waals surface area contributed by atoms with Crippen LogP contribution in [0.4, 0.5) is 9.59 Å². The van der Waals surface area contributed by atoms with Crippen LogP contribution in [0.25, 0.3) is 0 Å². The van der Waals surface area contributed by atoms with Gasteiger partial charge in [0.15, 0.2) is 5.78 Å². The van der Waals surface area contributed by atoms with Gasteiger partial charge >= 0.3 is 18.1 Å². The van der Waals surface area contributed by atoms with Crippen LogP contribution in [-0.4, -0.2) is 41.6 Å². The van der Waals surface area contributed by atoms with Crippen molar-refractivity contribution >= 4 is 23.9 Å².